The highest BCUT2D eigenvalue weighted by Gasteiger charge is 2.36. The molecule has 2 atom stereocenters. The molecule has 2 rings (SSSR count). The molecule has 2 amide bonds. The van der Waals surface area contributed by atoms with Gasteiger partial charge in [0, 0.05) is 23.4 Å². The number of nitrogens with one attached hydrogen (secondary N) is 1. The standard InChI is InChI=1S/C22H32F2N2O2/c1-22(2,3)26-21(28)19(12-14-6-4-5-7-14)18(20(25)27)9-8-15-10-16(23)13-17(24)11-15/h10-11,13-14,18-19H,4-9,12H2,1-3H3,(H2,25,27)(H,26,28). The molecule has 156 valence electrons. The lowest BCUT2D eigenvalue weighted by atomic mass is 9.79. The second-order valence-corrected chi connectivity index (χ2v) is 9.06. The number of benzene rings is 1. The summed E-state index contributed by atoms with van der Waals surface area (Å²) in [6, 6.07) is 3.32. The molecule has 0 spiro atoms. The van der Waals surface area contributed by atoms with Crippen LogP contribution < -0.4 is 11.1 Å². The molecule has 2 unspecified atom stereocenters. The summed E-state index contributed by atoms with van der Waals surface area (Å²) < 4.78 is 26.9. The van der Waals surface area contributed by atoms with Gasteiger partial charge in [0.05, 0.1) is 0 Å². The molecule has 1 fully saturated rings. The van der Waals surface area contributed by atoms with Gasteiger partial charge in [-0.2, -0.15) is 0 Å². The zero-order chi connectivity index (χ0) is 20.9. The van der Waals surface area contributed by atoms with Crippen LogP contribution in [0.15, 0.2) is 18.2 Å². The van der Waals surface area contributed by atoms with Gasteiger partial charge in [0.1, 0.15) is 11.6 Å². The van der Waals surface area contributed by atoms with E-state index in [4.69, 9.17) is 5.73 Å². The number of halogens is 2. The third-order valence-corrected chi connectivity index (χ3v) is 5.41. The Morgan fingerprint density at radius 3 is 2.18 bits per heavy atom. The zero-order valence-electron chi connectivity index (χ0n) is 17.1. The lowest BCUT2D eigenvalue weighted by molar-refractivity contribution is -0.135. The van der Waals surface area contributed by atoms with Crippen molar-refractivity contribution in [2.75, 3.05) is 0 Å². The fraction of sp³-hybridized carbons (Fsp3) is 0.636. The lowest BCUT2D eigenvalue weighted by Crippen LogP contribution is -2.48. The molecule has 0 saturated heterocycles. The van der Waals surface area contributed by atoms with Crippen molar-refractivity contribution in [3.63, 3.8) is 0 Å². The predicted octanol–water partition coefficient (Wildman–Crippen LogP) is 4.11. The van der Waals surface area contributed by atoms with Crippen molar-refractivity contribution in [3.8, 4) is 0 Å². The molecule has 3 N–H and O–H groups in total. The highest BCUT2D eigenvalue weighted by atomic mass is 19.1. The highest BCUT2D eigenvalue weighted by Crippen LogP contribution is 2.34. The average Bonchev–Trinajstić information content (AvgIpc) is 3.04. The molecule has 4 nitrogen and oxygen atoms in total. The molecule has 28 heavy (non-hydrogen) atoms. The number of primary amides is 1. The number of nitrogens with two attached hydrogens (primary N) is 1. The van der Waals surface area contributed by atoms with Crippen molar-refractivity contribution in [2.45, 2.75) is 71.3 Å². The maximum Gasteiger partial charge on any atom is 0.224 e. The molecule has 0 heterocycles. The number of aryl methyl sites for hydroxylation is 1. The van der Waals surface area contributed by atoms with Gasteiger partial charge < -0.3 is 11.1 Å². The molecule has 1 aromatic carbocycles. The van der Waals surface area contributed by atoms with E-state index in [9.17, 15) is 18.4 Å². The van der Waals surface area contributed by atoms with E-state index in [2.05, 4.69) is 5.32 Å². The van der Waals surface area contributed by atoms with Crippen molar-refractivity contribution >= 4 is 11.8 Å². The maximum absolute atomic E-state index is 13.5. The van der Waals surface area contributed by atoms with Crippen LogP contribution in [0.1, 0.15) is 64.9 Å². The van der Waals surface area contributed by atoms with E-state index in [-0.39, 0.29) is 18.7 Å². The van der Waals surface area contributed by atoms with E-state index in [1.807, 2.05) is 20.8 Å². The minimum Gasteiger partial charge on any atom is -0.369 e. The molecule has 0 radical (unpaired) electrons. The second kappa shape index (κ2) is 9.48. The van der Waals surface area contributed by atoms with Gasteiger partial charge in [-0.3, -0.25) is 9.59 Å². The number of rotatable bonds is 8. The molecule has 0 aromatic heterocycles. The smallest absolute Gasteiger partial charge is 0.224 e. The normalized spacial score (nSPS) is 17.3. The minimum absolute atomic E-state index is 0.173. The third-order valence-electron chi connectivity index (χ3n) is 5.41. The first-order chi connectivity index (χ1) is 13.0. The fourth-order valence-corrected chi connectivity index (χ4v) is 4.14. The van der Waals surface area contributed by atoms with Crippen LogP contribution in [0.3, 0.4) is 0 Å². The monoisotopic (exact) mass is 394 g/mol. The van der Waals surface area contributed by atoms with Crippen LogP contribution in [0, 0.1) is 29.4 Å². The molecule has 1 saturated carbocycles. The van der Waals surface area contributed by atoms with E-state index < -0.39 is 34.9 Å². The van der Waals surface area contributed by atoms with E-state index in [0.717, 1.165) is 31.7 Å². The van der Waals surface area contributed by atoms with E-state index >= 15 is 0 Å². The summed E-state index contributed by atoms with van der Waals surface area (Å²) in [6.45, 7) is 5.69. The van der Waals surface area contributed by atoms with Gasteiger partial charge in [0.2, 0.25) is 11.8 Å². The number of hydrogen-bond acceptors (Lipinski definition) is 2. The SMILES string of the molecule is CC(C)(C)NC(=O)C(CC1CCCC1)C(CCc1cc(F)cc(F)c1)C(N)=O. The topological polar surface area (TPSA) is 72.2 Å². The van der Waals surface area contributed by atoms with Crippen LogP contribution in [-0.2, 0) is 16.0 Å². The van der Waals surface area contributed by atoms with Gasteiger partial charge >= 0.3 is 0 Å². The first-order valence-electron chi connectivity index (χ1n) is 10.1. The molecular formula is C22H32F2N2O2. The van der Waals surface area contributed by atoms with Gasteiger partial charge in [-0.15, -0.1) is 0 Å². The van der Waals surface area contributed by atoms with Gasteiger partial charge in [0.15, 0.2) is 0 Å². The summed E-state index contributed by atoms with van der Waals surface area (Å²) in [4.78, 5) is 25.2. The van der Waals surface area contributed by atoms with Crippen molar-refractivity contribution in [2.24, 2.45) is 23.5 Å². The molecule has 0 bridgehead atoms. The van der Waals surface area contributed by atoms with Crippen LogP contribution in [-0.4, -0.2) is 17.4 Å². The Labute approximate surface area is 166 Å². The first kappa shape index (κ1) is 22.3. The summed E-state index contributed by atoms with van der Waals surface area (Å²) in [7, 11) is 0. The largest absolute Gasteiger partial charge is 0.369 e. The highest BCUT2D eigenvalue weighted by molar-refractivity contribution is 5.87. The fourth-order valence-electron chi connectivity index (χ4n) is 4.14. The second-order valence-electron chi connectivity index (χ2n) is 9.06. The zero-order valence-corrected chi connectivity index (χ0v) is 17.1. The summed E-state index contributed by atoms with van der Waals surface area (Å²) >= 11 is 0. The first-order valence-corrected chi connectivity index (χ1v) is 10.1. The van der Waals surface area contributed by atoms with Crippen molar-refractivity contribution in [3.05, 3.63) is 35.4 Å². The Kier molecular flexibility index (Phi) is 7.55. The number of carbonyl (C=O) groups is 2. The van der Waals surface area contributed by atoms with Gasteiger partial charge in [-0.05, 0) is 63.6 Å². The molecule has 1 aliphatic carbocycles. The van der Waals surface area contributed by atoms with Crippen LogP contribution >= 0.6 is 0 Å². The van der Waals surface area contributed by atoms with Crippen molar-refractivity contribution in [1.29, 1.82) is 0 Å². The lowest BCUT2D eigenvalue weighted by Gasteiger charge is -2.30. The number of carbonyl (C=O) groups excluding carboxylic acids is 2. The van der Waals surface area contributed by atoms with Gasteiger partial charge in [-0.25, -0.2) is 8.78 Å². The molecule has 6 heteroatoms. The Morgan fingerprint density at radius 1 is 1.11 bits per heavy atom. The number of hydrogen-bond donors (Lipinski definition) is 2. The Bertz CT molecular complexity index is 674. The minimum atomic E-state index is -0.672. The Morgan fingerprint density at radius 2 is 1.68 bits per heavy atom. The third kappa shape index (κ3) is 6.88. The summed E-state index contributed by atoms with van der Waals surface area (Å²) in [5.41, 5.74) is 5.71. The Hall–Kier alpha value is -1.98. The Balaban J connectivity index is 2.18. The van der Waals surface area contributed by atoms with Crippen LogP contribution in [0.4, 0.5) is 8.78 Å². The average molecular weight is 395 g/mol. The quantitative estimate of drug-likeness (QED) is 0.696. The molecule has 1 aliphatic rings. The van der Waals surface area contributed by atoms with Crippen LogP contribution in [0.5, 0.6) is 0 Å². The summed E-state index contributed by atoms with van der Waals surface area (Å²) in [5, 5.41) is 2.98. The van der Waals surface area contributed by atoms with E-state index in [0.29, 0.717) is 17.9 Å². The predicted molar refractivity (Wildman–Crippen MR) is 105 cm³/mol. The van der Waals surface area contributed by atoms with Crippen LogP contribution in [0.2, 0.25) is 0 Å². The number of amides is 2. The van der Waals surface area contributed by atoms with Crippen molar-refractivity contribution < 1.29 is 18.4 Å². The van der Waals surface area contributed by atoms with E-state index in [1.54, 1.807) is 0 Å². The molecule has 1 aromatic rings. The molecular weight excluding hydrogens is 362 g/mol. The van der Waals surface area contributed by atoms with Crippen molar-refractivity contribution in [1.82, 2.24) is 5.32 Å². The summed E-state index contributed by atoms with van der Waals surface area (Å²) in [6.07, 6.45) is 5.58. The van der Waals surface area contributed by atoms with Gasteiger partial charge in [0.25, 0.3) is 0 Å². The van der Waals surface area contributed by atoms with E-state index in [1.165, 1.54) is 12.1 Å². The molecule has 0 aliphatic heterocycles. The van der Waals surface area contributed by atoms with Crippen LogP contribution in [0.25, 0.3) is 0 Å². The summed E-state index contributed by atoms with van der Waals surface area (Å²) in [5.74, 6) is -2.81. The maximum atomic E-state index is 13.5. The van der Waals surface area contributed by atoms with Gasteiger partial charge in [-0.1, -0.05) is 25.7 Å².